The lowest BCUT2D eigenvalue weighted by Crippen LogP contribution is -2.50. The molecule has 144 valence electrons. The molecule has 0 spiro atoms. The summed E-state index contributed by atoms with van der Waals surface area (Å²) in [5.41, 5.74) is 1.73. The summed E-state index contributed by atoms with van der Waals surface area (Å²) >= 11 is 0. The van der Waals surface area contributed by atoms with Crippen molar-refractivity contribution in [3.8, 4) is 0 Å². The van der Waals surface area contributed by atoms with Gasteiger partial charge < -0.3 is 14.5 Å². The molecule has 0 bridgehead atoms. The zero-order valence-electron chi connectivity index (χ0n) is 16.3. The van der Waals surface area contributed by atoms with Crippen molar-refractivity contribution in [2.75, 3.05) is 31.1 Å². The summed E-state index contributed by atoms with van der Waals surface area (Å²) in [6.45, 7) is 8.15. The van der Waals surface area contributed by atoms with Crippen LogP contribution in [0, 0.1) is 0 Å². The molecule has 1 aliphatic heterocycles. The molecule has 0 radical (unpaired) electrons. The highest BCUT2D eigenvalue weighted by Gasteiger charge is 2.26. The molecule has 3 rings (SSSR count). The van der Waals surface area contributed by atoms with Crippen LogP contribution >= 0.6 is 0 Å². The molecule has 0 aliphatic carbocycles. The van der Waals surface area contributed by atoms with E-state index in [4.69, 9.17) is 4.74 Å². The van der Waals surface area contributed by atoms with Gasteiger partial charge in [0.05, 0.1) is 11.9 Å². The molecule has 27 heavy (non-hydrogen) atoms. The summed E-state index contributed by atoms with van der Waals surface area (Å²) in [4.78, 5) is 20.6. The van der Waals surface area contributed by atoms with Crippen LogP contribution in [0.5, 0.6) is 0 Å². The van der Waals surface area contributed by atoms with Gasteiger partial charge in [-0.25, -0.2) is 9.78 Å². The van der Waals surface area contributed by atoms with Crippen molar-refractivity contribution in [1.82, 2.24) is 20.1 Å². The predicted octanol–water partition coefficient (Wildman–Crippen LogP) is 2.71. The number of nitrogens with zero attached hydrogens (tertiary/aromatic N) is 5. The Hall–Kier alpha value is -2.70. The number of carbonyl (C=O) groups excluding carboxylic acids is 1. The highest BCUT2D eigenvalue weighted by Crippen LogP contribution is 2.15. The van der Waals surface area contributed by atoms with Gasteiger partial charge in [-0.1, -0.05) is 30.3 Å². The second-order valence-electron chi connectivity index (χ2n) is 7.69. The highest BCUT2D eigenvalue weighted by atomic mass is 16.6. The smallest absolute Gasteiger partial charge is 0.410 e. The third-order valence-electron chi connectivity index (χ3n) is 4.32. The number of aryl methyl sites for hydroxylation is 2. The molecular formula is C20H27N5O2. The fraction of sp³-hybridized carbons (Fsp3) is 0.500. The van der Waals surface area contributed by atoms with Gasteiger partial charge in [0.25, 0.3) is 0 Å². The number of ether oxygens (including phenoxy) is 1. The van der Waals surface area contributed by atoms with Crippen LogP contribution in [-0.2, 0) is 17.6 Å². The minimum Gasteiger partial charge on any atom is -0.444 e. The van der Waals surface area contributed by atoms with Gasteiger partial charge in [0.2, 0.25) is 5.95 Å². The minimum absolute atomic E-state index is 0.266. The molecule has 0 N–H and O–H groups in total. The SMILES string of the molecule is CC(C)(C)OC(=O)N1CCN(c2nncc(CCc3ccccc3)n2)CC1. The molecule has 0 atom stereocenters. The molecule has 1 aromatic carbocycles. The van der Waals surface area contributed by atoms with Crippen molar-refractivity contribution in [3.05, 3.63) is 47.8 Å². The summed E-state index contributed by atoms with van der Waals surface area (Å²) in [5, 5.41) is 8.29. The molecule has 0 unspecified atom stereocenters. The first kappa shape index (κ1) is 19.1. The Morgan fingerprint density at radius 2 is 1.78 bits per heavy atom. The summed E-state index contributed by atoms with van der Waals surface area (Å²) in [6.07, 6.45) is 3.21. The van der Waals surface area contributed by atoms with Crippen LogP contribution in [0.25, 0.3) is 0 Å². The maximum absolute atomic E-state index is 12.2. The Morgan fingerprint density at radius 1 is 1.07 bits per heavy atom. The van der Waals surface area contributed by atoms with Crippen molar-refractivity contribution in [2.45, 2.75) is 39.2 Å². The van der Waals surface area contributed by atoms with E-state index in [1.165, 1.54) is 5.56 Å². The Morgan fingerprint density at radius 3 is 2.44 bits per heavy atom. The van der Waals surface area contributed by atoms with Gasteiger partial charge in [0.1, 0.15) is 5.60 Å². The zero-order chi connectivity index (χ0) is 19.3. The molecule has 1 aliphatic rings. The van der Waals surface area contributed by atoms with Gasteiger partial charge in [-0.15, -0.1) is 5.10 Å². The van der Waals surface area contributed by atoms with Gasteiger partial charge in [-0.05, 0) is 39.2 Å². The largest absolute Gasteiger partial charge is 0.444 e. The maximum atomic E-state index is 12.2. The first-order valence-electron chi connectivity index (χ1n) is 9.36. The average Bonchev–Trinajstić information content (AvgIpc) is 2.66. The van der Waals surface area contributed by atoms with Gasteiger partial charge in [0.15, 0.2) is 0 Å². The van der Waals surface area contributed by atoms with Gasteiger partial charge in [0, 0.05) is 26.2 Å². The van der Waals surface area contributed by atoms with Crippen molar-refractivity contribution >= 4 is 12.0 Å². The van der Waals surface area contributed by atoms with Crippen molar-refractivity contribution < 1.29 is 9.53 Å². The average molecular weight is 369 g/mol. The normalized spacial score (nSPS) is 14.9. The van der Waals surface area contributed by atoms with E-state index >= 15 is 0 Å². The van der Waals surface area contributed by atoms with Crippen LogP contribution in [0.1, 0.15) is 32.0 Å². The zero-order valence-corrected chi connectivity index (χ0v) is 16.3. The standard InChI is InChI=1S/C20H27N5O2/c1-20(2,3)27-19(26)25-13-11-24(12-14-25)18-22-17(15-21-23-18)10-9-16-7-5-4-6-8-16/h4-8,15H,9-14H2,1-3H3. The fourth-order valence-electron chi connectivity index (χ4n) is 2.91. The van der Waals surface area contributed by atoms with Crippen molar-refractivity contribution in [3.63, 3.8) is 0 Å². The third kappa shape index (κ3) is 5.64. The Kier molecular flexibility index (Phi) is 5.88. The molecule has 2 aromatic rings. The quantitative estimate of drug-likeness (QED) is 0.825. The summed E-state index contributed by atoms with van der Waals surface area (Å²) in [7, 11) is 0. The number of carbonyl (C=O) groups is 1. The van der Waals surface area contributed by atoms with E-state index in [-0.39, 0.29) is 6.09 Å². The van der Waals surface area contributed by atoms with Gasteiger partial charge >= 0.3 is 6.09 Å². The van der Waals surface area contributed by atoms with E-state index in [0.717, 1.165) is 18.5 Å². The first-order chi connectivity index (χ1) is 12.9. The van der Waals surface area contributed by atoms with E-state index in [9.17, 15) is 4.79 Å². The van der Waals surface area contributed by atoms with Crippen LogP contribution in [0.3, 0.4) is 0 Å². The number of rotatable bonds is 4. The molecule has 0 saturated carbocycles. The van der Waals surface area contributed by atoms with E-state index in [1.807, 2.05) is 39.0 Å². The molecule has 1 aromatic heterocycles. The Labute approximate surface area is 160 Å². The molecule has 2 heterocycles. The van der Waals surface area contributed by atoms with Crippen LogP contribution in [0.4, 0.5) is 10.7 Å². The van der Waals surface area contributed by atoms with E-state index in [2.05, 4.69) is 32.2 Å². The number of anilines is 1. The van der Waals surface area contributed by atoms with E-state index in [1.54, 1.807) is 11.1 Å². The number of hydrogen-bond acceptors (Lipinski definition) is 6. The first-order valence-corrected chi connectivity index (χ1v) is 9.36. The fourth-order valence-corrected chi connectivity index (χ4v) is 2.91. The molecule has 7 heteroatoms. The topological polar surface area (TPSA) is 71.5 Å². The highest BCUT2D eigenvalue weighted by molar-refractivity contribution is 5.68. The second kappa shape index (κ2) is 8.33. The summed E-state index contributed by atoms with van der Waals surface area (Å²) in [5.74, 6) is 0.629. The lowest BCUT2D eigenvalue weighted by atomic mass is 10.1. The number of piperazine rings is 1. The molecular weight excluding hydrogens is 342 g/mol. The van der Waals surface area contributed by atoms with Crippen LogP contribution in [0.15, 0.2) is 36.5 Å². The lowest BCUT2D eigenvalue weighted by Gasteiger charge is -2.35. The van der Waals surface area contributed by atoms with E-state index < -0.39 is 5.60 Å². The number of hydrogen-bond donors (Lipinski definition) is 0. The van der Waals surface area contributed by atoms with Crippen LogP contribution in [0.2, 0.25) is 0 Å². The lowest BCUT2D eigenvalue weighted by molar-refractivity contribution is 0.0240. The number of aromatic nitrogens is 3. The molecule has 1 saturated heterocycles. The monoisotopic (exact) mass is 369 g/mol. The van der Waals surface area contributed by atoms with Crippen LogP contribution in [-0.4, -0.2) is 58.0 Å². The maximum Gasteiger partial charge on any atom is 0.410 e. The predicted molar refractivity (Wildman–Crippen MR) is 104 cm³/mol. The van der Waals surface area contributed by atoms with Gasteiger partial charge in [-0.3, -0.25) is 0 Å². The Bertz CT molecular complexity index is 752. The van der Waals surface area contributed by atoms with E-state index in [0.29, 0.717) is 32.1 Å². The Balaban J connectivity index is 1.54. The number of benzene rings is 1. The second-order valence-corrected chi connectivity index (χ2v) is 7.69. The van der Waals surface area contributed by atoms with Gasteiger partial charge in [-0.2, -0.15) is 5.10 Å². The molecule has 7 nitrogen and oxygen atoms in total. The number of amides is 1. The summed E-state index contributed by atoms with van der Waals surface area (Å²) < 4.78 is 5.44. The van der Waals surface area contributed by atoms with Crippen molar-refractivity contribution in [2.24, 2.45) is 0 Å². The molecule has 1 fully saturated rings. The van der Waals surface area contributed by atoms with Crippen LogP contribution < -0.4 is 4.90 Å². The van der Waals surface area contributed by atoms with Crippen molar-refractivity contribution in [1.29, 1.82) is 0 Å². The summed E-state index contributed by atoms with van der Waals surface area (Å²) in [6, 6.07) is 10.3. The third-order valence-corrected chi connectivity index (χ3v) is 4.32. The minimum atomic E-state index is -0.478. The molecule has 1 amide bonds.